The molecule has 1 aromatic rings. The number of likely N-dealkylation sites (tertiary alicyclic amines) is 1. The first-order valence-corrected chi connectivity index (χ1v) is 9.44. The average Bonchev–Trinajstić information content (AvgIpc) is 2.93. The summed E-state index contributed by atoms with van der Waals surface area (Å²) in [5.74, 6) is 2.56. The van der Waals surface area contributed by atoms with Crippen molar-refractivity contribution in [3.8, 4) is 5.75 Å². The van der Waals surface area contributed by atoms with Gasteiger partial charge in [-0.05, 0) is 49.4 Å². The van der Waals surface area contributed by atoms with Gasteiger partial charge in [-0.25, -0.2) is 0 Å². The number of nitrogens with one attached hydrogen (secondary N) is 1. The van der Waals surface area contributed by atoms with Gasteiger partial charge in [-0.15, -0.1) is 0 Å². The van der Waals surface area contributed by atoms with Crippen LogP contribution in [0.1, 0.15) is 53.9 Å². The Labute approximate surface area is 144 Å². The molecule has 1 amide bonds. The molecule has 0 bridgehead atoms. The number of hydrogen-bond acceptors (Lipinski definition) is 3. The van der Waals surface area contributed by atoms with Crippen LogP contribution in [0.5, 0.6) is 5.75 Å². The maximum absolute atomic E-state index is 12.5. The van der Waals surface area contributed by atoms with Gasteiger partial charge in [0, 0.05) is 31.1 Å². The van der Waals surface area contributed by atoms with Gasteiger partial charge in [0.1, 0.15) is 5.75 Å². The number of benzene rings is 1. The Balaban J connectivity index is 1.51. The zero-order valence-electron chi connectivity index (χ0n) is 14.6. The highest BCUT2D eigenvalue weighted by Gasteiger charge is 2.36. The summed E-state index contributed by atoms with van der Waals surface area (Å²) in [5, 5.41) is 3.10. The van der Waals surface area contributed by atoms with E-state index in [1.54, 1.807) is 0 Å². The van der Waals surface area contributed by atoms with Gasteiger partial charge in [0.05, 0.1) is 6.61 Å². The molecule has 0 aromatic heterocycles. The fourth-order valence-corrected chi connectivity index (χ4v) is 4.68. The molecule has 1 saturated heterocycles. The van der Waals surface area contributed by atoms with Crippen LogP contribution < -0.4 is 10.1 Å². The van der Waals surface area contributed by atoms with E-state index in [0.717, 1.165) is 37.6 Å². The number of amides is 1. The maximum Gasteiger partial charge on any atom is 0.251 e. The molecule has 2 atom stereocenters. The monoisotopic (exact) mass is 328 g/mol. The molecule has 130 valence electrons. The second-order valence-corrected chi connectivity index (χ2v) is 7.86. The zero-order valence-corrected chi connectivity index (χ0v) is 14.6. The molecule has 2 heterocycles. The number of carbonyl (C=O) groups excluding carboxylic acids is 1. The van der Waals surface area contributed by atoms with Crippen molar-refractivity contribution in [2.75, 3.05) is 33.3 Å². The summed E-state index contributed by atoms with van der Waals surface area (Å²) in [6, 6.07) is 6.16. The summed E-state index contributed by atoms with van der Waals surface area (Å²) in [4.78, 5) is 14.9. The van der Waals surface area contributed by atoms with Crippen molar-refractivity contribution in [3.63, 3.8) is 0 Å². The fraction of sp³-hybridized carbons (Fsp3) is 0.650. The summed E-state index contributed by atoms with van der Waals surface area (Å²) < 4.78 is 6.04. The van der Waals surface area contributed by atoms with Gasteiger partial charge < -0.3 is 15.0 Å². The number of rotatable bonds is 3. The summed E-state index contributed by atoms with van der Waals surface area (Å²) in [7, 11) is 2.16. The van der Waals surface area contributed by atoms with Crippen LogP contribution in [0.25, 0.3) is 0 Å². The first-order chi connectivity index (χ1) is 11.7. The minimum absolute atomic E-state index is 0.0603. The topological polar surface area (TPSA) is 41.6 Å². The van der Waals surface area contributed by atoms with E-state index in [4.69, 9.17) is 4.74 Å². The van der Waals surface area contributed by atoms with Crippen LogP contribution in [-0.4, -0.2) is 44.1 Å². The second-order valence-electron chi connectivity index (χ2n) is 7.86. The molecule has 1 aliphatic carbocycles. The van der Waals surface area contributed by atoms with Crippen LogP contribution in [0.3, 0.4) is 0 Å². The van der Waals surface area contributed by atoms with E-state index in [2.05, 4.69) is 29.4 Å². The average molecular weight is 328 g/mol. The Bertz CT molecular complexity index is 610. The third-order valence-corrected chi connectivity index (χ3v) is 6.03. The largest absolute Gasteiger partial charge is 0.493 e. The smallest absolute Gasteiger partial charge is 0.251 e. The Morgan fingerprint density at radius 1 is 1.21 bits per heavy atom. The van der Waals surface area contributed by atoms with E-state index in [0.29, 0.717) is 17.8 Å². The molecule has 0 spiro atoms. The van der Waals surface area contributed by atoms with Gasteiger partial charge in [-0.3, -0.25) is 4.79 Å². The molecule has 0 unspecified atom stereocenters. The summed E-state index contributed by atoms with van der Waals surface area (Å²) in [6.07, 6.45) is 6.59. The lowest BCUT2D eigenvalue weighted by Gasteiger charge is -2.22. The van der Waals surface area contributed by atoms with Gasteiger partial charge in [0.2, 0.25) is 0 Å². The molecule has 3 aliphatic rings. The predicted molar refractivity (Wildman–Crippen MR) is 94.6 cm³/mol. The summed E-state index contributed by atoms with van der Waals surface area (Å²) in [6.45, 7) is 3.66. The molecule has 4 heteroatoms. The van der Waals surface area contributed by atoms with E-state index in [-0.39, 0.29) is 5.91 Å². The highest BCUT2D eigenvalue weighted by atomic mass is 16.5. The molecule has 4 rings (SSSR count). The van der Waals surface area contributed by atoms with Gasteiger partial charge in [0.15, 0.2) is 0 Å². The lowest BCUT2D eigenvalue weighted by molar-refractivity contribution is 0.0951. The number of ether oxygens (including phenoxy) is 1. The van der Waals surface area contributed by atoms with Crippen LogP contribution >= 0.6 is 0 Å². The van der Waals surface area contributed by atoms with Crippen LogP contribution in [0.2, 0.25) is 0 Å². The predicted octanol–water partition coefficient (Wildman–Crippen LogP) is 3.03. The first kappa shape index (κ1) is 15.9. The highest BCUT2D eigenvalue weighted by molar-refractivity contribution is 5.96. The van der Waals surface area contributed by atoms with Crippen LogP contribution in [0.15, 0.2) is 18.2 Å². The molecule has 4 nitrogen and oxygen atoms in total. The van der Waals surface area contributed by atoms with Crippen molar-refractivity contribution < 1.29 is 9.53 Å². The molecule has 0 radical (unpaired) electrons. The molecule has 24 heavy (non-hydrogen) atoms. The number of likely N-dealkylation sites (N-methyl/N-ethyl adjacent to an activating group) is 1. The van der Waals surface area contributed by atoms with E-state index in [1.807, 2.05) is 6.07 Å². The van der Waals surface area contributed by atoms with Crippen LogP contribution in [0, 0.1) is 11.8 Å². The van der Waals surface area contributed by atoms with Gasteiger partial charge in [-0.2, -0.15) is 0 Å². The molecular weight excluding hydrogens is 300 g/mol. The first-order valence-electron chi connectivity index (χ1n) is 9.44. The van der Waals surface area contributed by atoms with Crippen LogP contribution in [0.4, 0.5) is 0 Å². The Hall–Kier alpha value is -1.55. The quantitative estimate of drug-likeness (QED) is 0.927. The van der Waals surface area contributed by atoms with Crippen molar-refractivity contribution >= 4 is 5.91 Å². The van der Waals surface area contributed by atoms with Crippen molar-refractivity contribution in [1.82, 2.24) is 10.2 Å². The third-order valence-electron chi connectivity index (χ3n) is 6.03. The number of hydrogen-bond donors (Lipinski definition) is 1. The van der Waals surface area contributed by atoms with E-state index < -0.39 is 0 Å². The summed E-state index contributed by atoms with van der Waals surface area (Å²) >= 11 is 0. The molecular formula is C20H28N2O2. The Morgan fingerprint density at radius 3 is 2.88 bits per heavy atom. The lowest BCUT2D eigenvalue weighted by atomic mass is 9.87. The van der Waals surface area contributed by atoms with Crippen molar-refractivity contribution in [2.45, 2.75) is 38.0 Å². The molecule has 1 aromatic carbocycles. The number of fused-ring (bicyclic) bond motifs is 3. The van der Waals surface area contributed by atoms with E-state index in [9.17, 15) is 4.79 Å². The van der Waals surface area contributed by atoms with Gasteiger partial charge in [0.25, 0.3) is 5.91 Å². The van der Waals surface area contributed by atoms with Crippen molar-refractivity contribution in [2.24, 2.45) is 11.8 Å². The minimum atomic E-state index is 0.0603. The number of carbonyl (C=O) groups is 1. The molecule has 1 saturated carbocycles. The SMILES string of the molecule is CN1C[C@@H]2CNC(=O)c3cc(OCC4CCCCC4)ccc3[C@H]2C1. The molecule has 1 N–H and O–H groups in total. The second kappa shape index (κ2) is 6.75. The normalized spacial score (nSPS) is 28.0. The standard InChI is InChI=1S/C20H28N2O2/c1-22-11-15-10-21-20(23)18-9-16(7-8-17(18)19(15)12-22)24-13-14-5-3-2-4-6-14/h7-9,14-15,19H,2-6,10-13H2,1H3,(H,21,23)/t15-,19-/m0/s1. The van der Waals surface area contributed by atoms with Crippen LogP contribution in [-0.2, 0) is 0 Å². The molecule has 2 fully saturated rings. The fourth-order valence-electron chi connectivity index (χ4n) is 4.68. The summed E-state index contributed by atoms with van der Waals surface area (Å²) in [5.41, 5.74) is 2.02. The van der Waals surface area contributed by atoms with Crippen molar-refractivity contribution in [1.29, 1.82) is 0 Å². The van der Waals surface area contributed by atoms with Crippen molar-refractivity contribution in [3.05, 3.63) is 29.3 Å². The van der Waals surface area contributed by atoms with Gasteiger partial charge >= 0.3 is 0 Å². The molecule has 2 aliphatic heterocycles. The maximum atomic E-state index is 12.5. The Morgan fingerprint density at radius 2 is 2.04 bits per heavy atom. The zero-order chi connectivity index (χ0) is 16.5. The van der Waals surface area contributed by atoms with E-state index in [1.165, 1.54) is 37.7 Å². The minimum Gasteiger partial charge on any atom is -0.493 e. The lowest BCUT2D eigenvalue weighted by Crippen LogP contribution is -2.29. The highest BCUT2D eigenvalue weighted by Crippen LogP contribution is 2.37. The Kier molecular flexibility index (Phi) is 4.49. The third kappa shape index (κ3) is 3.16. The van der Waals surface area contributed by atoms with E-state index >= 15 is 0 Å². The number of nitrogens with zero attached hydrogens (tertiary/aromatic N) is 1. The van der Waals surface area contributed by atoms with Gasteiger partial charge in [-0.1, -0.05) is 25.3 Å².